The van der Waals surface area contributed by atoms with Crippen molar-refractivity contribution in [1.29, 1.82) is 0 Å². The lowest BCUT2D eigenvalue weighted by atomic mass is 10.3. The van der Waals surface area contributed by atoms with Crippen molar-refractivity contribution in [3.8, 4) is 0 Å². The summed E-state index contributed by atoms with van der Waals surface area (Å²) in [5.41, 5.74) is 1.09. The first-order valence-corrected chi connectivity index (χ1v) is 7.10. The molecule has 1 fully saturated rings. The predicted molar refractivity (Wildman–Crippen MR) is 73.9 cm³/mol. The van der Waals surface area contributed by atoms with Gasteiger partial charge in [0.25, 0.3) is 0 Å². The summed E-state index contributed by atoms with van der Waals surface area (Å²) in [5.74, 6) is 0. The Bertz CT molecular complexity index is 350. The van der Waals surface area contributed by atoms with Crippen molar-refractivity contribution in [2.24, 2.45) is 0 Å². The summed E-state index contributed by atoms with van der Waals surface area (Å²) in [5, 5.41) is 3.53. The number of nitrogens with zero attached hydrogens (tertiary/aromatic N) is 2. The summed E-state index contributed by atoms with van der Waals surface area (Å²) in [4.78, 5) is 6.95. The van der Waals surface area contributed by atoms with E-state index < -0.39 is 0 Å². The normalized spacial score (nSPS) is 18.5. The van der Waals surface area contributed by atoms with Gasteiger partial charge in [0.15, 0.2) is 0 Å². The van der Waals surface area contributed by atoms with Gasteiger partial charge in [0, 0.05) is 19.1 Å². The summed E-state index contributed by atoms with van der Waals surface area (Å²) >= 11 is 3.39. The molecular weight excluding hydrogens is 278 g/mol. The Morgan fingerprint density at radius 2 is 2.18 bits per heavy atom. The van der Waals surface area contributed by atoms with Gasteiger partial charge in [-0.05, 0) is 60.9 Å². The Kier molecular flexibility index (Phi) is 4.95. The van der Waals surface area contributed by atoms with Crippen LogP contribution in [0.25, 0.3) is 0 Å². The third-order valence-electron chi connectivity index (χ3n) is 3.14. The van der Waals surface area contributed by atoms with Crippen LogP contribution in [0.2, 0.25) is 0 Å². The van der Waals surface area contributed by atoms with E-state index >= 15 is 0 Å². The van der Waals surface area contributed by atoms with Gasteiger partial charge >= 0.3 is 0 Å². The van der Waals surface area contributed by atoms with Gasteiger partial charge in [0.1, 0.15) is 4.60 Å². The van der Waals surface area contributed by atoms with E-state index in [0.717, 1.165) is 23.4 Å². The molecule has 1 aliphatic heterocycles. The van der Waals surface area contributed by atoms with Crippen LogP contribution in [0.3, 0.4) is 0 Å². The highest BCUT2D eigenvalue weighted by molar-refractivity contribution is 9.10. The minimum Gasteiger partial charge on any atom is -0.307 e. The molecule has 4 heteroatoms. The maximum atomic E-state index is 4.42. The number of pyridine rings is 1. The van der Waals surface area contributed by atoms with Gasteiger partial charge < -0.3 is 10.2 Å². The molecule has 0 aliphatic carbocycles. The first-order chi connectivity index (χ1) is 8.24. The van der Waals surface area contributed by atoms with Crippen LogP contribution in [0.1, 0.15) is 25.5 Å². The zero-order valence-electron chi connectivity index (χ0n) is 10.3. The molecule has 3 nitrogen and oxygen atoms in total. The van der Waals surface area contributed by atoms with Crippen LogP contribution in [0.5, 0.6) is 0 Å². The van der Waals surface area contributed by atoms with Gasteiger partial charge in [0.05, 0.1) is 5.69 Å². The molecule has 0 amide bonds. The van der Waals surface area contributed by atoms with Crippen molar-refractivity contribution < 1.29 is 0 Å². The van der Waals surface area contributed by atoms with Crippen LogP contribution in [-0.2, 0) is 6.54 Å². The molecule has 0 saturated carbocycles. The van der Waals surface area contributed by atoms with Crippen LogP contribution >= 0.6 is 15.9 Å². The van der Waals surface area contributed by atoms with E-state index in [1.807, 2.05) is 12.1 Å². The maximum Gasteiger partial charge on any atom is 0.106 e. The summed E-state index contributed by atoms with van der Waals surface area (Å²) in [6.07, 6.45) is 2.72. The molecule has 1 aliphatic rings. The van der Waals surface area contributed by atoms with Crippen molar-refractivity contribution in [1.82, 2.24) is 15.2 Å². The van der Waals surface area contributed by atoms with Crippen molar-refractivity contribution in [2.75, 3.05) is 19.6 Å². The molecule has 94 valence electrons. The Labute approximate surface area is 112 Å². The molecule has 0 spiro atoms. The first kappa shape index (κ1) is 13.0. The summed E-state index contributed by atoms with van der Waals surface area (Å²) < 4.78 is 0.906. The average molecular weight is 298 g/mol. The number of likely N-dealkylation sites (tertiary alicyclic amines) is 1. The molecule has 1 saturated heterocycles. The molecule has 17 heavy (non-hydrogen) atoms. The highest BCUT2D eigenvalue weighted by Crippen LogP contribution is 2.08. The Morgan fingerprint density at radius 3 is 2.88 bits per heavy atom. The number of nitrogens with one attached hydrogen (secondary N) is 1. The third kappa shape index (κ3) is 4.37. The van der Waals surface area contributed by atoms with E-state index in [1.165, 1.54) is 25.9 Å². The zero-order chi connectivity index (χ0) is 12.1. The van der Waals surface area contributed by atoms with Gasteiger partial charge in [0.2, 0.25) is 0 Å². The summed E-state index contributed by atoms with van der Waals surface area (Å²) in [7, 11) is 0. The van der Waals surface area contributed by atoms with Gasteiger partial charge in [-0.3, -0.25) is 0 Å². The van der Waals surface area contributed by atoms with Crippen molar-refractivity contribution >= 4 is 15.9 Å². The molecule has 2 rings (SSSR count). The molecule has 0 radical (unpaired) electrons. The second-order valence-corrected chi connectivity index (χ2v) is 5.55. The maximum absolute atomic E-state index is 4.42. The van der Waals surface area contributed by atoms with Crippen molar-refractivity contribution in [3.63, 3.8) is 0 Å². The second kappa shape index (κ2) is 6.47. The van der Waals surface area contributed by atoms with Crippen LogP contribution in [0.15, 0.2) is 22.8 Å². The molecule has 1 atom stereocenters. The van der Waals surface area contributed by atoms with Crippen LogP contribution in [0.4, 0.5) is 0 Å². The third-order valence-corrected chi connectivity index (χ3v) is 3.58. The number of hydrogen-bond donors (Lipinski definition) is 1. The lowest BCUT2D eigenvalue weighted by molar-refractivity contribution is 0.298. The highest BCUT2D eigenvalue weighted by Gasteiger charge is 2.14. The van der Waals surface area contributed by atoms with E-state index in [1.54, 1.807) is 0 Å². The Morgan fingerprint density at radius 1 is 1.41 bits per heavy atom. The molecule has 2 heterocycles. The van der Waals surface area contributed by atoms with Gasteiger partial charge in [-0.15, -0.1) is 0 Å². The fraction of sp³-hybridized carbons (Fsp3) is 0.615. The van der Waals surface area contributed by atoms with Crippen LogP contribution in [0, 0.1) is 0 Å². The minimum atomic E-state index is 0.522. The standard InChI is InChI=1S/C13H20BrN3/c1-11(10-17-7-2-3-8-17)15-9-12-5-4-6-13(14)16-12/h4-6,11,15H,2-3,7-10H2,1H3. The van der Waals surface area contributed by atoms with Gasteiger partial charge in [-0.25, -0.2) is 4.98 Å². The number of hydrogen-bond acceptors (Lipinski definition) is 3. The number of aromatic nitrogens is 1. The lowest BCUT2D eigenvalue weighted by Gasteiger charge is -2.21. The van der Waals surface area contributed by atoms with Crippen molar-refractivity contribution in [3.05, 3.63) is 28.5 Å². The quantitative estimate of drug-likeness (QED) is 0.846. The Balaban J connectivity index is 1.73. The van der Waals surface area contributed by atoms with Crippen molar-refractivity contribution in [2.45, 2.75) is 32.4 Å². The van der Waals surface area contributed by atoms with E-state index in [-0.39, 0.29) is 0 Å². The first-order valence-electron chi connectivity index (χ1n) is 6.31. The van der Waals surface area contributed by atoms with Gasteiger partial charge in [-0.1, -0.05) is 6.07 Å². The van der Waals surface area contributed by atoms with Gasteiger partial charge in [-0.2, -0.15) is 0 Å². The number of rotatable bonds is 5. The molecule has 1 aromatic heterocycles. The molecule has 1 aromatic rings. The van der Waals surface area contributed by atoms with E-state index in [0.29, 0.717) is 6.04 Å². The lowest BCUT2D eigenvalue weighted by Crippen LogP contribution is -2.37. The summed E-state index contributed by atoms with van der Waals surface area (Å²) in [6.45, 7) is 6.76. The summed E-state index contributed by atoms with van der Waals surface area (Å²) in [6, 6.07) is 6.56. The highest BCUT2D eigenvalue weighted by atomic mass is 79.9. The zero-order valence-corrected chi connectivity index (χ0v) is 11.9. The predicted octanol–water partition coefficient (Wildman–Crippen LogP) is 2.42. The SMILES string of the molecule is CC(CN1CCCC1)NCc1cccc(Br)n1. The molecule has 0 bridgehead atoms. The fourth-order valence-electron chi connectivity index (χ4n) is 2.24. The van der Waals surface area contributed by atoms with E-state index in [4.69, 9.17) is 0 Å². The van der Waals surface area contributed by atoms with E-state index in [2.05, 4.69) is 44.1 Å². The minimum absolute atomic E-state index is 0.522. The largest absolute Gasteiger partial charge is 0.307 e. The van der Waals surface area contributed by atoms with E-state index in [9.17, 15) is 0 Å². The average Bonchev–Trinajstić information content (AvgIpc) is 2.79. The number of halogens is 1. The molecule has 1 N–H and O–H groups in total. The van der Waals surface area contributed by atoms with Crippen LogP contribution < -0.4 is 5.32 Å². The smallest absolute Gasteiger partial charge is 0.106 e. The second-order valence-electron chi connectivity index (χ2n) is 4.74. The molecule has 0 aromatic carbocycles. The topological polar surface area (TPSA) is 28.2 Å². The molecular formula is C13H20BrN3. The fourth-order valence-corrected chi connectivity index (χ4v) is 2.62. The molecule has 1 unspecified atom stereocenters. The Hall–Kier alpha value is -0.450. The van der Waals surface area contributed by atoms with Crippen LogP contribution in [-0.4, -0.2) is 35.6 Å². The monoisotopic (exact) mass is 297 g/mol.